The quantitative estimate of drug-likeness (QED) is 0.443. The summed E-state index contributed by atoms with van der Waals surface area (Å²) in [5.41, 5.74) is 1.69. The molecule has 3 aromatic rings. The lowest BCUT2D eigenvalue weighted by Crippen LogP contribution is -2.22. The number of benzene rings is 2. The van der Waals surface area contributed by atoms with Crippen LogP contribution in [0.1, 0.15) is 22.5 Å². The lowest BCUT2D eigenvalue weighted by molar-refractivity contribution is -0.142. The number of nitrogens with one attached hydrogen (secondary N) is 1. The third kappa shape index (κ3) is 5.42. The molecule has 1 aromatic heterocycles. The lowest BCUT2D eigenvalue weighted by atomic mass is 10.1. The summed E-state index contributed by atoms with van der Waals surface area (Å²) < 4.78 is 45.6. The first-order chi connectivity index (χ1) is 15.2. The molecule has 3 rings (SSSR count). The van der Waals surface area contributed by atoms with Gasteiger partial charge in [-0.1, -0.05) is 30.3 Å². The second kappa shape index (κ2) is 9.51. The number of hydrogen-bond acceptors (Lipinski definition) is 4. The van der Waals surface area contributed by atoms with Crippen LogP contribution in [-0.2, 0) is 20.5 Å². The summed E-state index contributed by atoms with van der Waals surface area (Å²) in [6.45, 7) is 2.92. The first-order valence-corrected chi connectivity index (χ1v) is 9.59. The summed E-state index contributed by atoms with van der Waals surface area (Å²) in [6.07, 6.45) is -1.96. The number of hydrogen-bond donors (Lipinski definition) is 1. The van der Waals surface area contributed by atoms with Crippen molar-refractivity contribution in [1.29, 1.82) is 0 Å². The highest BCUT2D eigenvalue weighted by molar-refractivity contribution is 5.95. The Kier molecular flexibility index (Phi) is 6.77. The Hall–Kier alpha value is -3.88. The molecule has 1 N–H and O–H groups in total. The van der Waals surface area contributed by atoms with E-state index >= 15 is 0 Å². The van der Waals surface area contributed by atoms with Crippen molar-refractivity contribution in [3.63, 3.8) is 0 Å². The van der Waals surface area contributed by atoms with Crippen molar-refractivity contribution in [1.82, 2.24) is 9.78 Å². The zero-order valence-corrected chi connectivity index (χ0v) is 17.3. The zero-order chi connectivity index (χ0) is 23.3. The maximum Gasteiger partial charge on any atom is 0.418 e. The number of halogens is 3. The van der Waals surface area contributed by atoms with Crippen molar-refractivity contribution < 1.29 is 27.5 Å². The molecule has 0 saturated heterocycles. The predicted molar refractivity (Wildman–Crippen MR) is 113 cm³/mol. The molecule has 0 aliphatic heterocycles. The molecular formula is C23H20F3N3O3. The van der Waals surface area contributed by atoms with Gasteiger partial charge in [-0.15, -0.1) is 0 Å². The topological polar surface area (TPSA) is 73.2 Å². The van der Waals surface area contributed by atoms with Crippen LogP contribution in [-0.4, -0.2) is 28.3 Å². The molecule has 0 aliphatic carbocycles. The van der Waals surface area contributed by atoms with Gasteiger partial charge >= 0.3 is 12.1 Å². The molecule has 0 saturated carbocycles. The molecule has 1 heterocycles. The number of para-hydroxylation sites is 2. The first kappa shape index (κ1) is 22.8. The van der Waals surface area contributed by atoms with Crippen LogP contribution in [0.15, 0.2) is 60.7 Å². The van der Waals surface area contributed by atoms with Gasteiger partial charge in [0.25, 0.3) is 5.91 Å². The maximum absolute atomic E-state index is 13.0. The van der Waals surface area contributed by atoms with E-state index in [1.165, 1.54) is 18.2 Å². The van der Waals surface area contributed by atoms with Crippen molar-refractivity contribution in [3.8, 4) is 5.69 Å². The summed E-state index contributed by atoms with van der Waals surface area (Å²) in [6, 6.07) is 14.0. The van der Waals surface area contributed by atoms with Gasteiger partial charge in [-0.2, -0.15) is 18.3 Å². The Bertz CT molecular complexity index is 1150. The Balaban J connectivity index is 1.61. The van der Waals surface area contributed by atoms with Gasteiger partial charge in [0.1, 0.15) is 0 Å². The highest BCUT2D eigenvalue weighted by Crippen LogP contribution is 2.34. The van der Waals surface area contributed by atoms with Crippen molar-refractivity contribution in [2.45, 2.75) is 20.0 Å². The first-order valence-electron chi connectivity index (χ1n) is 9.59. The fourth-order valence-electron chi connectivity index (χ4n) is 3.08. The van der Waals surface area contributed by atoms with E-state index in [9.17, 15) is 22.8 Å². The molecule has 0 spiro atoms. The van der Waals surface area contributed by atoms with Gasteiger partial charge in [0.05, 0.1) is 22.6 Å². The third-order valence-electron chi connectivity index (χ3n) is 4.59. The van der Waals surface area contributed by atoms with Gasteiger partial charge in [-0.05, 0) is 44.2 Å². The van der Waals surface area contributed by atoms with Crippen LogP contribution in [0.5, 0.6) is 0 Å². The van der Waals surface area contributed by atoms with E-state index in [-0.39, 0.29) is 0 Å². The van der Waals surface area contributed by atoms with E-state index in [0.717, 1.165) is 29.6 Å². The summed E-state index contributed by atoms with van der Waals surface area (Å²) in [4.78, 5) is 23.9. The number of ether oxygens (including phenoxy) is 1. The van der Waals surface area contributed by atoms with Gasteiger partial charge in [0, 0.05) is 17.3 Å². The van der Waals surface area contributed by atoms with Gasteiger partial charge in [0.15, 0.2) is 6.61 Å². The number of anilines is 1. The van der Waals surface area contributed by atoms with Crippen molar-refractivity contribution in [2.75, 3.05) is 11.9 Å². The molecule has 1 amide bonds. The minimum Gasteiger partial charge on any atom is -0.452 e. The van der Waals surface area contributed by atoms with E-state index in [1.54, 1.807) is 11.6 Å². The smallest absolute Gasteiger partial charge is 0.418 e. The molecule has 0 radical (unpaired) electrons. The molecule has 32 heavy (non-hydrogen) atoms. The lowest BCUT2D eigenvalue weighted by Gasteiger charge is -2.13. The number of rotatable bonds is 6. The van der Waals surface area contributed by atoms with Crippen LogP contribution >= 0.6 is 0 Å². The Morgan fingerprint density at radius 2 is 1.72 bits per heavy atom. The molecular weight excluding hydrogens is 423 g/mol. The van der Waals surface area contributed by atoms with Gasteiger partial charge in [-0.3, -0.25) is 4.79 Å². The summed E-state index contributed by atoms with van der Waals surface area (Å²) in [5, 5.41) is 6.58. The number of aromatic nitrogens is 2. The molecule has 0 bridgehead atoms. The second-order valence-electron chi connectivity index (χ2n) is 6.86. The molecule has 9 heteroatoms. The monoisotopic (exact) mass is 443 g/mol. The molecule has 0 atom stereocenters. The number of alkyl halides is 3. The van der Waals surface area contributed by atoms with Crippen LogP contribution in [0.2, 0.25) is 0 Å². The molecule has 0 fully saturated rings. The largest absolute Gasteiger partial charge is 0.452 e. The van der Waals surface area contributed by atoms with Crippen molar-refractivity contribution in [2.24, 2.45) is 0 Å². The summed E-state index contributed by atoms with van der Waals surface area (Å²) >= 11 is 0. The van der Waals surface area contributed by atoms with E-state index in [4.69, 9.17) is 4.74 Å². The van der Waals surface area contributed by atoms with Crippen LogP contribution in [0.25, 0.3) is 11.8 Å². The van der Waals surface area contributed by atoms with E-state index in [1.807, 2.05) is 37.3 Å². The number of carbonyl (C=O) groups excluding carboxylic acids is 2. The van der Waals surface area contributed by atoms with E-state index < -0.39 is 35.9 Å². The minimum absolute atomic E-state index is 0.406. The molecule has 6 nitrogen and oxygen atoms in total. The van der Waals surface area contributed by atoms with Crippen LogP contribution < -0.4 is 5.32 Å². The highest BCUT2D eigenvalue weighted by Gasteiger charge is 2.33. The Morgan fingerprint density at radius 3 is 2.41 bits per heavy atom. The number of carbonyl (C=O) groups is 2. The minimum atomic E-state index is -4.62. The number of esters is 1. The molecule has 2 aromatic carbocycles. The van der Waals surface area contributed by atoms with Crippen LogP contribution in [0, 0.1) is 13.8 Å². The number of aryl methyl sites for hydroxylation is 1. The molecule has 0 unspecified atom stereocenters. The third-order valence-corrected chi connectivity index (χ3v) is 4.59. The van der Waals surface area contributed by atoms with E-state index in [0.29, 0.717) is 11.3 Å². The van der Waals surface area contributed by atoms with Gasteiger partial charge < -0.3 is 10.1 Å². The van der Waals surface area contributed by atoms with Gasteiger partial charge in [-0.25, -0.2) is 9.48 Å². The SMILES string of the molecule is Cc1nn(-c2ccccc2)c(C)c1/C=C/C(=O)OCC(=O)Nc1ccccc1C(F)(F)F. The number of nitrogens with zero attached hydrogens (tertiary/aromatic N) is 2. The van der Waals surface area contributed by atoms with Crippen LogP contribution in [0.4, 0.5) is 18.9 Å². The molecule has 0 aliphatic rings. The summed E-state index contributed by atoms with van der Waals surface area (Å²) in [7, 11) is 0. The zero-order valence-electron chi connectivity index (χ0n) is 17.3. The molecule has 166 valence electrons. The van der Waals surface area contributed by atoms with E-state index in [2.05, 4.69) is 10.4 Å². The summed E-state index contributed by atoms with van der Waals surface area (Å²) in [5.74, 6) is -1.69. The fourth-order valence-corrected chi connectivity index (χ4v) is 3.08. The van der Waals surface area contributed by atoms with Crippen molar-refractivity contribution in [3.05, 3.63) is 83.2 Å². The normalized spacial score (nSPS) is 11.5. The second-order valence-corrected chi connectivity index (χ2v) is 6.86. The Labute approximate surface area is 182 Å². The standard InChI is InChI=1S/C23H20F3N3O3/c1-15-18(16(2)29(28-15)17-8-4-3-5-9-17)12-13-22(31)32-14-21(30)27-20-11-7-6-10-19(20)23(24,25)26/h3-13H,14H2,1-2H3,(H,27,30)/b13-12+. The fraction of sp³-hybridized carbons (Fsp3) is 0.174. The number of amides is 1. The predicted octanol–water partition coefficient (Wildman–Crippen LogP) is 4.70. The average molecular weight is 443 g/mol. The Morgan fingerprint density at radius 1 is 1.06 bits per heavy atom. The maximum atomic E-state index is 13.0. The van der Waals surface area contributed by atoms with Crippen molar-refractivity contribution >= 4 is 23.6 Å². The van der Waals surface area contributed by atoms with Crippen LogP contribution in [0.3, 0.4) is 0 Å². The average Bonchev–Trinajstić information content (AvgIpc) is 3.04. The highest BCUT2D eigenvalue weighted by atomic mass is 19.4. The van der Waals surface area contributed by atoms with Gasteiger partial charge in [0.2, 0.25) is 0 Å².